The molecular formula is C14H14FNO3. The molecule has 0 saturated heterocycles. The average molecular weight is 263 g/mol. The largest absolute Gasteiger partial charge is 0.478 e. The van der Waals surface area contributed by atoms with Gasteiger partial charge >= 0.3 is 5.97 Å². The predicted octanol–water partition coefficient (Wildman–Crippen LogP) is 2.62. The van der Waals surface area contributed by atoms with Crippen LogP contribution in [0.25, 0.3) is 10.9 Å². The van der Waals surface area contributed by atoms with E-state index in [1.54, 1.807) is 32.0 Å². The van der Waals surface area contributed by atoms with Gasteiger partial charge in [0.2, 0.25) is 0 Å². The van der Waals surface area contributed by atoms with Gasteiger partial charge in [-0.05, 0) is 26.0 Å². The topological polar surface area (TPSA) is 48.4 Å². The normalized spacial score (nSPS) is 12.2. The Hall–Kier alpha value is -2.17. The Labute approximate surface area is 110 Å². The number of benzene rings is 1. The molecule has 0 aliphatic rings. The van der Waals surface area contributed by atoms with Gasteiger partial charge in [0.25, 0.3) is 0 Å². The molecule has 4 nitrogen and oxygen atoms in total. The van der Waals surface area contributed by atoms with Crippen LogP contribution in [0, 0.1) is 12.7 Å². The second-order valence-corrected chi connectivity index (χ2v) is 4.18. The van der Waals surface area contributed by atoms with Crippen molar-refractivity contribution in [2.45, 2.75) is 20.0 Å². The molecule has 0 saturated carbocycles. The second kappa shape index (κ2) is 5.22. The molecule has 2 rings (SSSR count). The first-order valence-corrected chi connectivity index (χ1v) is 5.83. The highest BCUT2D eigenvalue weighted by atomic mass is 19.1. The van der Waals surface area contributed by atoms with Crippen molar-refractivity contribution in [3.05, 3.63) is 35.8 Å². The maximum Gasteiger partial charge on any atom is 0.346 e. The lowest BCUT2D eigenvalue weighted by molar-refractivity contribution is -0.147. The van der Waals surface area contributed by atoms with E-state index in [-0.39, 0.29) is 5.52 Å². The second-order valence-electron chi connectivity index (χ2n) is 4.18. The summed E-state index contributed by atoms with van der Waals surface area (Å²) < 4.78 is 23.8. The first-order valence-electron chi connectivity index (χ1n) is 5.83. The third-order valence-corrected chi connectivity index (χ3v) is 2.72. The number of hydrogen-bond acceptors (Lipinski definition) is 4. The number of rotatable bonds is 3. The molecule has 0 fully saturated rings. The summed E-state index contributed by atoms with van der Waals surface area (Å²) in [6, 6.07) is 6.28. The van der Waals surface area contributed by atoms with Crippen molar-refractivity contribution in [2.75, 3.05) is 7.11 Å². The van der Waals surface area contributed by atoms with E-state index in [1.807, 2.05) is 0 Å². The van der Waals surface area contributed by atoms with E-state index in [0.717, 1.165) is 0 Å². The monoisotopic (exact) mass is 263 g/mol. The molecule has 1 heterocycles. The summed E-state index contributed by atoms with van der Waals surface area (Å²) >= 11 is 0. The summed E-state index contributed by atoms with van der Waals surface area (Å²) in [5, 5.41) is 0.529. The van der Waals surface area contributed by atoms with Gasteiger partial charge in [0.05, 0.1) is 7.11 Å². The van der Waals surface area contributed by atoms with Gasteiger partial charge in [0.1, 0.15) is 17.1 Å². The van der Waals surface area contributed by atoms with Crippen molar-refractivity contribution < 1.29 is 18.7 Å². The fourth-order valence-electron chi connectivity index (χ4n) is 1.81. The van der Waals surface area contributed by atoms with E-state index in [0.29, 0.717) is 16.8 Å². The molecular weight excluding hydrogens is 249 g/mol. The number of aromatic nitrogens is 1. The number of carbonyl (C=O) groups is 1. The Bertz CT molecular complexity index is 627. The van der Waals surface area contributed by atoms with E-state index in [9.17, 15) is 9.18 Å². The highest BCUT2D eigenvalue weighted by Gasteiger charge is 2.17. The third kappa shape index (κ3) is 2.65. The third-order valence-electron chi connectivity index (χ3n) is 2.72. The Balaban J connectivity index is 2.48. The molecule has 1 unspecified atom stereocenters. The van der Waals surface area contributed by atoms with E-state index in [2.05, 4.69) is 9.72 Å². The van der Waals surface area contributed by atoms with Gasteiger partial charge in [0, 0.05) is 17.1 Å². The first-order chi connectivity index (χ1) is 9.02. The van der Waals surface area contributed by atoms with Gasteiger partial charge in [-0.25, -0.2) is 14.2 Å². The van der Waals surface area contributed by atoms with Crippen LogP contribution in [0.2, 0.25) is 0 Å². The number of pyridine rings is 1. The van der Waals surface area contributed by atoms with Gasteiger partial charge in [-0.1, -0.05) is 6.07 Å². The number of aryl methyl sites for hydroxylation is 1. The minimum absolute atomic E-state index is 0.231. The summed E-state index contributed by atoms with van der Waals surface area (Å²) in [5.41, 5.74) is 0.847. The summed E-state index contributed by atoms with van der Waals surface area (Å²) in [6.45, 7) is 3.31. The molecule has 1 atom stereocenters. The Morgan fingerprint density at radius 3 is 2.84 bits per heavy atom. The summed E-state index contributed by atoms with van der Waals surface area (Å²) in [5.74, 6) is -0.490. The lowest BCUT2D eigenvalue weighted by Gasteiger charge is -2.14. The molecule has 19 heavy (non-hydrogen) atoms. The number of carbonyl (C=O) groups excluding carboxylic acids is 1. The lowest BCUT2D eigenvalue weighted by Crippen LogP contribution is -2.25. The summed E-state index contributed by atoms with van der Waals surface area (Å²) in [6.07, 6.45) is -0.765. The first kappa shape index (κ1) is 13.3. The number of ether oxygens (including phenoxy) is 2. The summed E-state index contributed by atoms with van der Waals surface area (Å²) in [4.78, 5) is 15.5. The Morgan fingerprint density at radius 2 is 2.16 bits per heavy atom. The molecule has 1 aromatic carbocycles. The van der Waals surface area contributed by atoms with Gasteiger partial charge in [-0.3, -0.25) is 0 Å². The highest BCUT2D eigenvalue weighted by Crippen LogP contribution is 2.27. The fourth-order valence-corrected chi connectivity index (χ4v) is 1.81. The van der Waals surface area contributed by atoms with Crippen molar-refractivity contribution in [1.29, 1.82) is 0 Å². The Morgan fingerprint density at radius 1 is 1.42 bits per heavy atom. The van der Waals surface area contributed by atoms with Crippen LogP contribution >= 0.6 is 0 Å². The van der Waals surface area contributed by atoms with E-state index < -0.39 is 17.9 Å². The molecule has 0 aliphatic carbocycles. The molecule has 0 radical (unpaired) electrons. The number of halogens is 1. The van der Waals surface area contributed by atoms with E-state index >= 15 is 0 Å². The Kier molecular flexibility index (Phi) is 3.64. The van der Waals surface area contributed by atoms with Gasteiger partial charge < -0.3 is 9.47 Å². The van der Waals surface area contributed by atoms with Gasteiger partial charge in [-0.2, -0.15) is 0 Å². The van der Waals surface area contributed by atoms with Crippen molar-refractivity contribution in [2.24, 2.45) is 0 Å². The number of para-hydroxylation sites is 1. The van der Waals surface area contributed by atoms with Crippen LogP contribution in [0.15, 0.2) is 24.3 Å². The van der Waals surface area contributed by atoms with Crippen LogP contribution < -0.4 is 4.74 Å². The predicted molar refractivity (Wildman–Crippen MR) is 68.5 cm³/mol. The number of fused-ring (bicyclic) bond motifs is 1. The van der Waals surface area contributed by atoms with E-state index in [4.69, 9.17) is 4.74 Å². The van der Waals surface area contributed by atoms with Crippen LogP contribution in [0.1, 0.15) is 12.6 Å². The number of esters is 1. The quantitative estimate of drug-likeness (QED) is 0.799. The molecule has 0 spiro atoms. The maximum atomic E-state index is 13.7. The SMILES string of the molecule is COC(=O)C(C)Oc1cc(C)nc2c(F)cccc12. The number of methoxy groups -OCH3 is 1. The standard InChI is InChI=1S/C14H14FNO3/c1-8-7-12(19-9(2)14(17)18-3)10-5-4-6-11(15)13(10)16-8/h4-7,9H,1-3H3. The van der Waals surface area contributed by atoms with Crippen LogP contribution in [0.4, 0.5) is 4.39 Å². The summed E-state index contributed by atoms with van der Waals surface area (Å²) in [7, 11) is 1.29. The molecule has 0 aliphatic heterocycles. The highest BCUT2D eigenvalue weighted by molar-refractivity contribution is 5.86. The van der Waals surface area contributed by atoms with Crippen LogP contribution in [-0.2, 0) is 9.53 Å². The van der Waals surface area contributed by atoms with Crippen molar-refractivity contribution in [1.82, 2.24) is 4.98 Å². The fraction of sp³-hybridized carbons (Fsp3) is 0.286. The van der Waals surface area contributed by atoms with E-state index in [1.165, 1.54) is 13.2 Å². The zero-order valence-electron chi connectivity index (χ0n) is 10.9. The minimum Gasteiger partial charge on any atom is -0.478 e. The number of nitrogens with zero attached hydrogens (tertiary/aromatic N) is 1. The van der Waals surface area contributed by atoms with Crippen LogP contribution in [-0.4, -0.2) is 24.2 Å². The molecule has 2 aromatic rings. The lowest BCUT2D eigenvalue weighted by atomic mass is 10.1. The average Bonchev–Trinajstić information content (AvgIpc) is 2.39. The molecule has 0 N–H and O–H groups in total. The number of hydrogen-bond donors (Lipinski definition) is 0. The van der Waals surface area contributed by atoms with Crippen molar-refractivity contribution in [3.8, 4) is 5.75 Å². The molecule has 5 heteroatoms. The van der Waals surface area contributed by atoms with Crippen LogP contribution in [0.5, 0.6) is 5.75 Å². The smallest absolute Gasteiger partial charge is 0.346 e. The minimum atomic E-state index is -0.765. The molecule has 0 amide bonds. The maximum absolute atomic E-state index is 13.7. The van der Waals surface area contributed by atoms with Gasteiger partial charge in [-0.15, -0.1) is 0 Å². The van der Waals surface area contributed by atoms with Crippen molar-refractivity contribution in [3.63, 3.8) is 0 Å². The van der Waals surface area contributed by atoms with Crippen molar-refractivity contribution >= 4 is 16.9 Å². The van der Waals surface area contributed by atoms with Gasteiger partial charge in [0.15, 0.2) is 6.10 Å². The molecule has 100 valence electrons. The van der Waals surface area contributed by atoms with Crippen LogP contribution in [0.3, 0.4) is 0 Å². The zero-order valence-corrected chi connectivity index (χ0v) is 10.9. The molecule has 1 aromatic heterocycles. The zero-order chi connectivity index (χ0) is 14.0. The molecule has 0 bridgehead atoms.